The first kappa shape index (κ1) is 31.9. The smallest absolute Gasteiger partial charge is 0.0505 e. The molecule has 1 fully saturated rings. The second kappa shape index (κ2) is 12.7. The van der Waals surface area contributed by atoms with Gasteiger partial charge in [0.1, 0.15) is 0 Å². The molecule has 1 saturated carbocycles. The highest BCUT2D eigenvalue weighted by Gasteiger charge is 2.43. The number of hydrogen-bond donors (Lipinski definition) is 0. The molecule has 252 valence electrons. The van der Waals surface area contributed by atoms with E-state index < -0.39 is 0 Å². The SMILES string of the molecule is Cc1ccc(C2C3=C=C(C4=CC=CC=C=C34)C(c3ccc(C)cc3)C3=C=C(C4=CC=CC=C=C34)C(c3ccc(C)cc3)C3=C=C2C2=CC=CC=C=C32)cc1. The van der Waals surface area contributed by atoms with Crippen molar-refractivity contribution in [3.05, 3.63) is 280 Å². The molecule has 0 saturated heterocycles. The Morgan fingerprint density at radius 3 is 0.889 bits per heavy atom. The van der Waals surface area contributed by atoms with Gasteiger partial charge in [-0.2, -0.15) is 0 Å². The van der Waals surface area contributed by atoms with Crippen molar-refractivity contribution in [3.8, 4) is 0 Å². The summed E-state index contributed by atoms with van der Waals surface area (Å²) in [5, 5.41) is 0. The Balaban J connectivity index is 1.41. The van der Waals surface area contributed by atoms with Gasteiger partial charge in [-0.15, -0.1) is 34.4 Å². The van der Waals surface area contributed by atoms with Crippen LogP contribution in [0.3, 0.4) is 0 Å². The molecule has 0 spiro atoms. The van der Waals surface area contributed by atoms with E-state index in [0.717, 1.165) is 66.9 Å². The summed E-state index contributed by atoms with van der Waals surface area (Å²) in [7, 11) is 0. The predicted molar refractivity (Wildman–Crippen MR) is 220 cm³/mol. The van der Waals surface area contributed by atoms with Crippen LogP contribution in [0.5, 0.6) is 0 Å². The van der Waals surface area contributed by atoms with Gasteiger partial charge >= 0.3 is 0 Å². The highest BCUT2D eigenvalue weighted by Crippen LogP contribution is 2.57. The molecule has 10 rings (SSSR count). The first-order chi connectivity index (χ1) is 26.5. The van der Waals surface area contributed by atoms with Crippen molar-refractivity contribution in [2.45, 2.75) is 38.5 Å². The van der Waals surface area contributed by atoms with E-state index in [-0.39, 0.29) is 17.8 Å². The van der Waals surface area contributed by atoms with Crippen LogP contribution in [0.2, 0.25) is 0 Å². The van der Waals surface area contributed by atoms with Crippen molar-refractivity contribution in [3.63, 3.8) is 0 Å². The molecule has 0 heterocycles. The van der Waals surface area contributed by atoms with E-state index in [1.165, 1.54) is 33.4 Å². The van der Waals surface area contributed by atoms with Crippen molar-refractivity contribution in [2.75, 3.05) is 0 Å². The molecule has 3 unspecified atom stereocenters. The molecule has 0 aliphatic heterocycles. The quantitative estimate of drug-likeness (QED) is 0.241. The zero-order chi connectivity index (χ0) is 36.3. The van der Waals surface area contributed by atoms with Gasteiger partial charge in [0.25, 0.3) is 0 Å². The molecule has 3 atom stereocenters. The van der Waals surface area contributed by atoms with Crippen LogP contribution < -0.4 is 0 Å². The summed E-state index contributed by atoms with van der Waals surface area (Å²) in [6.45, 7) is 6.46. The lowest BCUT2D eigenvalue weighted by Gasteiger charge is -2.23. The van der Waals surface area contributed by atoms with Gasteiger partial charge in [0.2, 0.25) is 0 Å². The van der Waals surface area contributed by atoms with Gasteiger partial charge in [-0.3, -0.25) is 0 Å². The first-order valence-electron chi connectivity index (χ1n) is 18.8. The lowest BCUT2D eigenvalue weighted by atomic mass is 9.77. The third-order valence-corrected chi connectivity index (χ3v) is 11.4. The average molecular weight is 685 g/mol. The lowest BCUT2D eigenvalue weighted by molar-refractivity contribution is 0.956. The fourth-order valence-corrected chi connectivity index (χ4v) is 8.71. The van der Waals surface area contributed by atoms with E-state index in [1.54, 1.807) is 0 Å². The van der Waals surface area contributed by atoms with Gasteiger partial charge in [0.05, 0.1) is 17.8 Å². The highest BCUT2D eigenvalue weighted by atomic mass is 14.4. The predicted octanol–water partition coefficient (Wildman–Crippen LogP) is 12.4. The molecule has 7 aliphatic carbocycles. The molecule has 3 aromatic rings. The monoisotopic (exact) mass is 684 g/mol. The lowest BCUT2D eigenvalue weighted by Crippen LogP contribution is -2.10. The minimum absolute atomic E-state index is 0.156. The number of allylic oxidation sites excluding steroid dienone is 18. The minimum atomic E-state index is -0.156. The topological polar surface area (TPSA) is 0 Å². The molecule has 0 heteroatoms. The number of benzene rings is 3. The zero-order valence-corrected chi connectivity index (χ0v) is 30.6. The largest absolute Gasteiger partial charge is 0.111 e. The van der Waals surface area contributed by atoms with Crippen LogP contribution in [0.4, 0.5) is 0 Å². The molecule has 3 aromatic carbocycles. The van der Waals surface area contributed by atoms with E-state index in [1.807, 2.05) is 18.2 Å². The third kappa shape index (κ3) is 5.14. The molecule has 0 N–H and O–H groups in total. The number of aryl methyl sites for hydroxylation is 3. The molecular formula is C54H36. The summed E-state index contributed by atoms with van der Waals surface area (Å²) in [6, 6.07) is 27.1. The standard InChI is InChI=1S/C54H36/c1-34-19-25-37(26-20-34)52-46-31-48(42-15-9-4-7-13-40(42)46)53(38-27-21-35(2)22-28-38)50-33-51(45-18-12-6-11-17-44(45)50)54(39-29-23-36(3)24-30-39)49-32-47(52)41-14-8-5-10-16-43(41)49/h4-13,16-17,19-30,52-54H,1-3H3. The minimum Gasteiger partial charge on any atom is -0.111 e. The molecule has 54 heavy (non-hydrogen) atoms. The van der Waals surface area contributed by atoms with Crippen molar-refractivity contribution in [2.24, 2.45) is 0 Å². The van der Waals surface area contributed by atoms with Crippen LogP contribution in [0.1, 0.15) is 51.1 Å². The first-order valence-corrected chi connectivity index (χ1v) is 18.8. The fourth-order valence-electron chi connectivity index (χ4n) is 8.71. The fraction of sp³-hybridized carbons (Fsp3) is 0.111. The normalized spacial score (nSPS) is 22.4. The second-order valence-corrected chi connectivity index (χ2v) is 14.8. The van der Waals surface area contributed by atoms with Crippen LogP contribution in [0.25, 0.3) is 0 Å². The summed E-state index contributed by atoms with van der Waals surface area (Å²) in [6.07, 6.45) is 25.6. The van der Waals surface area contributed by atoms with Gasteiger partial charge in [-0.1, -0.05) is 144 Å². The van der Waals surface area contributed by atoms with Crippen LogP contribution in [-0.4, -0.2) is 0 Å². The molecule has 7 aliphatic rings. The summed E-state index contributed by atoms with van der Waals surface area (Å²) < 4.78 is 0. The molecule has 6 bridgehead atoms. The Morgan fingerprint density at radius 2 is 0.611 bits per heavy atom. The molecule has 0 radical (unpaired) electrons. The van der Waals surface area contributed by atoms with Gasteiger partial charge in [-0.05, 0) is 55.7 Å². The second-order valence-electron chi connectivity index (χ2n) is 14.8. The van der Waals surface area contributed by atoms with Crippen LogP contribution in [0.15, 0.2) is 247 Å². The van der Waals surface area contributed by atoms with Crippen LogP contribution in [-0.2, 0) is 0 Å². The Bertz CT molecular complexity index is 2520. The Hall–Kier alpha value is -6.78. The number of hydrogen-bond acceptors (Lipinski definition) is 0. The van der Waals surface area contributed by atoms with E-state index >= 15 is 0 Å². The van der Waals surface area contributed by atoms with Gasteiger partial charge < -0.3 is 0 Å². The van der Waals surface area contributed by atoms with E-state index in [9.17, 15) is 0 Å². The van der Waals surface area contributed by atoms with E-state index in [4.69, 9.17) is 0 Å². The summed E-state index contributed by atoms with van der Waals surface area (Å²) in [5.41, 5.74) is 44.4. The zero-order valence-electron chi connectivity index (χ0n) is 30.6. The highest BCUT2D eigenvalue weighted by molar-refractivity contribution is 5.80. The Kier molecular flexibility index (Phi) is 7.51. The average Bonchev–Trinajstić information content (AvgIpc) is 3.52. The van der Waals surface area contributed by atoms with Gasteiger partial charge in [-0.25, -0.2) is 0 Å². The van der Waals surface area contributed by atoms with E-state index in [0.29, 0.717) is 0 Å². The van der Waals surface area contributed by atoms with Crippen LogP contribution in [0, 0.1) is 20.8 Å². The summed E-state index contributed by atoms with van der Waals surface area (Å²) >= 11 is 0. The van der Waals surface area contributed by atoms with Gasteiger partial charge in [0, 0.05) is 66.9 Å². The Labute approximate surface area is 317 Å². The van der Waals surface area contributed by atoms with Crippen LogP contribution >= 0.6 is 0 Å². The summed E-state index contributed by atoms with van der Waals surface area (Å²) in [4.78, 5) is 0. The van der Waals surface area contributed by atoms with Crippen molar-refractivity contribution < 1.29 is 0 Å². The van der Waals surface area contributed by atoms with Crippen molar-refractivity contribution >= 4 is 0 Å². The maximum absolute atomic E-state index is 4.14. The van der Waals surface area contributed by atoms with Crippen molar-refractivity contribution in [1.82, 2.24) is 0 Å². The van der Waals surface area contributed by atoms with Gasteiger partial charge in [0.15, 0.2) is 0 Å². The number of rotatable bonds is 3. The van der Waals surface area contributed by atoms with E-state index in [2.05, 4.69) is 183 Å². The molecule has 0 amide bonds. The van der Waals surface area contributed by atoms with Crippen molar-refractivity contribution in [1.29, 1.82) is 0 Å². The summed E-state index contributed by atoms with van der Waals surface area (Å²) in [5.74, 6) is -0.468. The molecular weight excluding hydrogens is 649 g/mol. The Morgan fingerprint density at radius 1 is 0.333 bits per heavy atom. The third-order valence-electron chi connectivity index (χ3n) is 11.4. The maximum atomic E-state index is 4.14. The molecule has 0 nitrogen and oxygen atoms in total. The molecule has 0 aromatic heterocycles. The maximum Gasteiger partial charge on any atom is 0.0505 e.